The lowest BCUT2D eigenvalue weighted by molar-refractivity contribution is 0.148. The third-order valence-corrected chi connectivity index (χ3v) is 3.36. The van der Waals surface area contributed by atoms with Crippen molar-refractivity contribution < 1.29 is 5.11 Å². The van der Waals surface area contributed by atoms with Gasteiger partial charge in [-0.15, -0.1) is 0 Å². The van der Waals surface area contributed by atoms with Gasteiger partial charge in [0, 0.05) is 17.6 Å². The van der Waals surface area contributed by atoms with Gasteiger partial charge in [0.15, 0.2) is 0 Å². The fourth-order valence-electron chi connectivity index (χ4n) is 2.06. The van der Waals surface area contributed by atoms with Crippen LogP contribution >= 0.6 is 11.6 Å². The largest absolute Gasteiger partial charge is 0.392 e. The van der Waals surface area contributed by atoms with E-state index in [0.29, 0.717) is 0 Å². The molecule has 2 rings (SSSR count). The number of aliphatic hydroxyl groups is 1. The molecule has 2 atom stereocenters. The monoisotopic (exact) mass is 225 g/mol. The zero-order chi connectivity index (χ0) is 10.7. The molecular weight excluding hydrogens is 210 g/mol. The molecular formula is C12H16ClNO. The Labute approximate surface area is 95.3 Å². The van der Waals surface area contributed by atoms with Crippen LogP contribution < -0.4 is 5.32 Å². The first-order valence-electron chi connectivity index (χ1n) is 5.42. The maximum absolute atomic E-state index is 9.64. The van der Waals surface area contributed by atoms with Gasteiger partial charge in [-0.25, -0.2) is 0 Å². The van der Waals surface area contributed by atoms with Crippen molar-refractivity contribution >= 4 is 11.6 Å². The Morgan fingerprint density at radius 1 is 1.33 bits per heavy atom. The molecule has 82 valence electrons. The van der Waals surface area contributed by atoms with Gasteiger partial charge < -0.3 is 10.4 Å². The summed E-state index contributed by atoms with van der Waals surface area (Å²) in [7, 11) is 0. The Morgan fingerprint density at radius 3 is 2.80 bits per heavy atom. The molecule has 0 saturated heterocycles. The predicted molar refractivity (Wildman–Crippen MR) is 61.9 cm³/mol. The third-order valence-electron chi connectivity index (χ3n) is 2.99. The molecule has 0 bridgehead atoms. The molecule has 1 fully saturated rings. The molecule has 1 aromatic rings. The first kappa shape index (κ1) is 10.9. The van der Waals surface area contributed by atoms with Gasteiger partial charge in [0.2, 0.25) is 0 Å². The molecule has 1 saturated carbocycles. The quantitative estimate of drug-likeness (QED) is 0.828. The Kier molecular flexibility index (Phi) is 3.62. The van der Waals surface area contributed by atoms with Crippen LogP contribution in [0.3, 0.4) is 0 Å². The summed E-state index contributed by atoms with van der Waals surface area (Å²) < 4.78 is 0. The fraction of sp³-hybridized carbons (Fsp3) is 0.500. The van der Waals surface area contributed by atoms with Crippen LogP contribution in [0.15, 0.2) is 24.3 Å². The standard InChI is InChI=1S/C12H16ClNO/c13-10-5-2-1-4-9(10)8-14-11-6-3-7-12(11)15/h1-2,4-5,11-12,14-15H,3,6-8H2/t11-,12-/m1/s1. The zero-order valence-corrected chi connectivity index (χ0v) is 9.37. The number of hydrogen-bond acceptors (Lipinski definition) is 2. The first-order chi connectivity index (χ1) is 7.27. The smallest absolute Gasteiger partial charge is 0.0693 e. The van der Waals surface area contributed by atoms with Gasteiger partial charge in [0.05, 0.1) is 6.10 Å². The predicted octanol–water partition coefficient (Wildman–Crippen LogP) is 2.34. The molecule has 0 aliphatic heterocycles. The van der Waals surface area contributed by atoms with Gasteiger partial charge in [-0.3, -0.25) is 0 Å². The summed E-state index contributed by atoms with van der Waals surface area (Å²) >= 11 is 6.04. The molecule has 1 aromatic carbocycles. The zero-order valence-electron chi connectivity index (χ0n) is 8.62. The van der Waals surface area contributed by atoms with E-state index in [1.807, 2.05) is 24.3 Å². The third kappa shape index (κ3) is 2.71. The van der Waals surface area contributed by atoms with Crippen LogP contribution in [0.25, 0.3) is 0 Å². The Hall–Kier alpha value is -0.570. The molecule has 0 unspecified atom stereocenters. The van der Waals surface area contributed by atoms with Crippen LogP contribution in [-0.2, 0) is 6.54 Å². The molecule has 0 heterocycles. The summed E-state index contributed by atoms with van der Waals surface area (Å²) in [4.78, 5) is 0. The van der Waals surface area contributed by atoms with Crippen LogP contribution in [-0.4, -0.2) is 17.3 Å². The van der Waals surface area contributed by atoms with Crippen molar-refractivity contribution in [2.75, 3.05) is 0 Å². The summed E-state index contributed by atoms with van der Waals surface area (Å²) in [6.07, 6.45) is 2.90. The van der Waals surface area contributed by atoms with Gasteiger partial charge in [0.25, 0.3) is 0 Å². The minimum atomic E-state index is -0.188. The van der Waals surface area contributed by atoms with Crippen LogP contribution in [0.4, 0.5) is 0 Å². The second-order valence-electron chi connectivity index (χ2n) is 4.08. The van der Waals surface area contributed by atoms with E-state index in [-0.39, 0.29) is 12.1 Å². The molecule has 1 aliphatic carbocycles. The van der Waals surface area contributed by atoms with Gasteiger partial charge >= 0.3 is 0 Å². The summed E-state index contributed by atoms with van der Waals surface area (Å²) in [6.45, 7) is 0.738. The van der Waals surface area contributed by atoms with Gasteiger partial charge in [-0.1, -0.05) is 29.8 Å². The van der Waals surface area contributed by atoms with Crippen molar-refractivity contribution in [1.82, 2.24) is 5.32 Å². The number of nitrogens with one attached hydrogen (secondary N) is 1. The minimum absolute atomic E-state index is 0.188. The van der Waals surface area contributed by atoms with E-state index in [2.05, 4.69) is 5.32 Å². The van der Waals surface area contributed by atoms with Gasteiger partial charge in [-0.2, -0.15) is 0 Å². The Morgan fingerprint density at radius 2 is 2.13 bits per heavy atom. The van der Waals surface area contributed by atoms with Crippen molar-refractivity contribution in [3.63, 3.8) is 0 Å². The Bertz CT molecular complexity index is 329. The fourth-order valence-corrected chi connectivity index (χ4v) is 2.26. The lowest BCUT2D eigenvalue weighted by Crippen LogP contribution is -2.35. The van der Waals surface area contributed by atoms with Crippen molar-refractivity contribution in [3.8, 4) is 0 Å². The highest BCUT2D eigenvalue weighted by Gasteiger charge is 2.24. The van der Waals surface area contributed by atoms with Crippen LogP contribution in [0.2, 0.25) is 5.02 Å². The molecule has 0 radical (unpaired) electrons. The summed E-state index contributed by atoms with van der Waals surface area (Å²) in [5.41, 5.74) is 1.10. The maximum Gasteiger partial charge on any atom is 0.0693 e. The Balaban J connectivity index is 1.90. The highest BCUT2D eigenvalue weighted by molar-refractivity contribution is 6.31. The number of hydrogen-bond donors (Lipinski definition) is 2. The van der Waals surface area contributed by atoms with Crippen LogP contribution in [0.5, 0.6) is 0 Å². The summed E-state index contributed by atoms with van der Waals surface area (Å²) in [6, 6.07) is 8.05. The molecule has 1 aliphatic rings. The summed E-state index contributed by atoms with van der Waals surface area (Å²) in [5, 5.41) is 13.8. The van der Waals surface area contributed by atoms with Crippen molar-refractivity contribution in [2.45, 2.75) is 38.0 Å². The van der Waals surface area contributed by atoms with E-state index in [9.17, 15) is 5.11 Å². The SMILES string of the molecule is O[C@@H]1CCC[C@H]1NCc1ccccc1Cl. The first-order valence-corrected chi connectivity index (χ1v) is 5.80. The molecule has 2 nitrogen and oxygen atoms in total. The van der Waals surface area contributed by atoms with E-state index >= 15 is 0 Å². The van der Waals surface area contributed by atoms with Crippen LogP contribution in [0, 0.1) is 0 Å². The molecule has 15 heavy (non-hydrogen) atoms. The molecule has 0 aromatic heterocycles. The number of benzene rings is 1. The highest BCUT2D eigenvalue weighted by atomic mass is 35.5. The van der Waals surface area contributed by atoms with E-state index in [4.69, 9.17) is 11.6 Å². The van der Waals surface area contributed by atoms with Gasteiger partial charge in [0.1, 0.15) is 0 Å². The highest BCUT2D eigenvalue weighted by Crippen LogP contribution is 2.20. The molecule has 0 amide bonds. The number of rotatable bonds is 3. The molecule has 2 N–H and O–H groups in total. The van der Waals surface area contributed by atoms with E-state index in [0.717, 1.165) is 36.4 Å². The lowest BCUT2D eigenvalue weighted by atomic mass is 10.2. The van der Waals surface area contributed by atoms with Crippen molar-refractivity contribution in [2.24, 2.45) is 0 Å². The lowest BCUT2D eigenvalue weighted by Gasteiger charge is -2.16. The topological polar surface area (TPSA) is 32.3 Å². The maximum atomic E-state index is 9.64. The molecule has 0 spiro atoms. The summed E-state index contributed by atoms with van der Waals surface area (Å²) in [5.74, 6) is 0. The van der Waals surface area contributed by atoms with E-state index in [1.54, 1.807) is 0 Å². The van der Waals surface area contributed by atoms with E-state index in [1.165, 1.54) is 0 Å². The van der Waals surface area contributed by atoms with Crippen molar-refractivity contribution in [3.05, 3.63) is 34.9 Å². The average Bonchev–Trinajstić information content (AvgIpc) is 2.63. The minimum Gasteiger partial charge on any atom is -0.392 e. The molecule has 3 heteroatoms. The number of halogens is 1. The van der Waals surface area contributed by atoms with Gasteiger partial charge in [-0.05, 0) is 30.9 Å². The average molecular weight is 226 g/mol. The van der Waals surface area contributed by atoms with E-state index < -0.39 is 0 Å². The van der Waals surface area contributed by atoms with Crippen LogP contribution in [0.1, 0.15) is 24.8 Å². The second-order valence-corrected chi connectivity index (χ2v) is 4.48. The second kappa shape index (κ2) is 4.97. The number of aliphatic hydroxyl groups excluding tert-OH is 1. The van der Waals surface area contributed by atoms with Crippen molar-refractivity contribution in [1.29, 1.82) is 0 Å². The normalized spacial score (nSPS) is 25.7.